The summed E-state index contributed by atoms with van der Waals surface area (Å²) in [5, 5.41) is 0. The Balaban J connectivity index is -0.000000308. The molecular formula is C22H46Ru. The Labute approximate surface area is 162 Å². The van der Waals surface area contributed by atoms with E-state index in [9.17, 15) is 0 Å². The van der Waals surface area contributed by atoms with Gasteiger partial charge in [0.1, 0.15) is 0 Å². The molecule has 0 radical (unpaired) electrons. The van der Waals surface area contributed by atoms with Crippen LogP contribution in [0.4, 0.5) is 0 Å². The molecule has 0 bridgehead atoms. The van der Waals surface area contributed by atoms with Gasteiger partial charge < -0.3 is 14.9 Å². The minimum absolute atomic E-state index is 0. The molecular weight excluding hydrogens is 365 g/mol. The monoisotopic (exact) mass is 412 g/mol. The van der Waals surface area contributed by atoms with Crippen molar-refractivity contribution >= 4 is 0 Å². The van der Waals surface area contributed by atoms with Crippen LogP contribution < -0.4 is 0 Å². The van der Waals surface area contributed by atoms with Crippen LogP contribution in [0.2, 0.25) is 0 Å². The van der Waals surface area contributed by atoms with E-state index in [0.29, 0.717) is 0 Å². The average molecular weight is 412 g/mol. The first-order valence-corrected chi connectivity index (χ1v) is 9.11. The summed E-state index contributed by atoms with van der Waals surface area (Å²) in [6.45, 7) is 24.0. The molecule has 1 heteroatoms. The van der Waals surface area contributed by atoms with E-state index < -0.39 is 0 Å². The Morgan fingerprint density at radius 3 is 0.348 bits per heavy atom. The summed E-state index contributed by atoms with van der Waals surface area (Å²) in [6, 6.07) is 0. The van der Waals surface area contributed by atoms with E-state index in [0.717, 1.165) is 59.2 Å². The molecule has 142 valence electrons. The van der Waals surface area contributed by atoms with E-state index in [1.807, 2.05) is 0 Å². The van der Waals surface area contributed by atoms with Gasteiger partial charge in [0.2, 0.25) is 0 Å². The Morgan fingerprint density at radius 1 is 0.261 bits per heavy atom. The van der Waals surface area contributed by atoms with E-state index in [2.05, 4.69) is 69.2 Å². The number of hydrogen-bond acceptors (Lipinski definition) is 0. The molecule has 0 N–H and O–H groups in total. The van der Waals surface area contributed by atoms with Gasteiger partial charge in [-0.05, 0) is 59.2 Å². The van der Waals surface area contributed by atoms with Crippen LogP contribution in [-0.2, 0) is 19.5 Å². The topological polar surface area (TPSA) is 0 Å². The molecule has 0 spiro atoms. The van der Waals surface area contributed by atoms with Crippen molar-refractivity contribution in [2.75, 3.05) is 0 Å². The minimum atomic E-state index is 0. The van der Waals surface area contributed by atoms with Crippen LogP contribution in [0.3, 0.4) is 0 Å². The fraction of sp³-hybridized carbons (Fsp3) is 0.909. The van der Waals surface area contributed by atoms with Crippen LogP contribution >= 0.6 is 0 Å². The maximum Gasteiger partial charge on any atom is 2.00 e. The van der Waals surface area contributed by atoms with Gasteiger partial charge in [-0.15, -0.1) is 0 Å². The summed E-state index contributed by atoms with van der Waals surface area (Å²) in [5.41, 5.74) is 0. The van der Waals surface area contributed by atoms with Crippen LogP contribution in [0.1, 0.15) is 69.2 Å². The fourth-order valence-electron chi connectivity index (χ4n) is 4.79. The summed E-state index contributed by atoms with van der Waals surface area (Å²) >= 11 is 0. The second kappa shape index (κ2) is 11.3. The summed E-state index contributed by atoms with van der Waals surface area (Å²) in [5.74, 6) is 9.35. The van der Waals surface area contributed by atoms with Gasteiger partial charge in [0.05, 0.1) is 0 Å². The standard InChI is InChI=1S/2C10H20.2CH3.Ru/c2*1-6-7(2)9(4)10(5)8(6)3;;;/h2*6-10H,1-5H3;2*1H3;/q;;2*-1;+2. The largest absolute Gasteiger partial charge is 2.00 e. The predicted molar refractivity (Wildman–Crippen MR) is 104 cm³/mol. The average Bonchev–Trinajstić information content (AvgIpc) is 2.71. The number of rotatable bonds is 0. The molecule has 0 heterocycles. The SMILES string of the molecule is CC1C(C)C(C)C(C)C1C.CC1C(C)C(C)C(C)C1C.[CH3-].[CH3-].[Ru+2]. The van der Waals surface area contributed by atoms with Gasteiger partial charge in [-0.3, -0.25) is 0 Å². The molecule has 0 unspecified atom stereocenters. The molecule has 2 aliphatic rings. The first-order valence-electron chi connectivity index (χ1n) is 9.11. The van der Waals surface area contributed by atoms with Crippen LogP contribution in [0.15, 0.2) is 0 Å². The van der Waals surface area contributed by atoms with Gasteiger partial charge in [-0.25, -0.2) is 0 Å². The second-order valence-corrected chi connectivity index (χ2v) is 8.59. The molecule has 0 aromatic carbocycles. The summed E-state index contributed by atoms with van der Waals surface area (Å²) in [4.78, 5) is 0. The zero-order valence-electron chi connectivity index (χ0n) is 18.1. The van der Waals surface area contributed by atoms with Crippen LogP contribution in [0, 0.1) is 74.0 Å². The summed E-state index contributed by atoms with van der Waals surface area (Å²) < 4.78 is 0. The van der Waals surface area contributed by atoms with Crippen molar-refractivity contribution < 1.29 is 19.5 Å². The molecule has 0 aliphatic heterocycles. The Kier molecular flexibility index (Phi) is 13.9. The molecule has 2 fully saturated rings. The van der Waals surface area contributed by atoms with Crippen LogP contribution in [0.5, 0.6) is 0 Å². The summed E-state index contributed by atoms with van der Waals surface area (Å²) in [7, 11) is 0. The molecule has 0 aromatic rings. The van der Waals surface area contributed by atoms with Gasteiger partial charge in [0.15, 0.2) is 0 Å². The molecule has 0 saturated heterocycles. The molecule has 23 heavy (non-hydrogen) atoms. The first kappa shape index (κ1) is 28.4. The van der Waals surface area contributed by atoms with Crippen molar-refractivity contribution in [3.05, 3.63) is 14.9 Å². The molecule has 2 saturated carbocycles. The van der Waals surface area contributed by atoms with E-state index in [1.54, 1.807) is 0 Å². The first-order chi connectivity index (χ1) is 9.11. The van der Waals surface area contributed by atoms with Gasteiger partial charge >= 0.3 is 19.5 Å². The molecule has 0 amide bonds. The zero-order valence-corrected chi connectivity index (χ0v) is 19.9. The van der Waals surface area contributed by atoms with E-state index >= 15 is 0 Å². The molecule has 2 aliphatic carbocycles. The maximum absolute atomic E-state index is 2.40. The Hall–Kier alpha value is 0.623. The zero-order chi connectivity index (χ0) is 15.8. The second-order valence-electron chi connectivity index (χ2n) is 8.59. The number of hydrogen-bond donors (Lipinski definition) is 0. The molecule has 0 nitrogen and oxygen atoms in total. The quantitative estimate of drug-likeness (QED) is 0.291. The van der Waals surface area contributed by atoms with Gasteiger partial charge in [0.25, 0.3) is 0 Å². The van der Waals surface area contributed by atoms with E-state index in [1.165, 1.54) is 0 Å². The van der Waals surface area contributed by atoms with Crippen LogP contribution in [0.25, 0.3) is 0 Å². The third-order valence-electron chi connectivity index (χ3n) is 8.29. The third-order valence-corrected chi connectivity index (χ3v) is 8.29. The van der Waals surface area contributed by atoms with Gasteiger partial charge in [0, 0.05) is 0 Å². The maximum atomic E-state index is 2.40. The minimum Gasteiger partial charge on any atom is -0.358 e. The van der Waals surface area contributed by atoms with Crippen molar-refractivity contribution in [2.24, 2.45) is 59.2 Å². The van der Waals surface area contributed by atoms with Crippen molar-refractivity contribution in [1.29, 1.82) is 0 Å². The fourth-order valence-corrected chi connectivity index (χ4v) is 4.79. The molecule has 0 atom stereocenters. The van der Waals surface area contributed by atoms with Crippen LogP contribution in [-0.4, -0.2) is 0 Å². The van der Waals surface area contributed by atoms with Crippen molar-refractivity contribution in [1.82, 2.24) is 0 Å². The Morgan fingerprint density at radius 2 is 0.304 bits per heavy atom. The predicted octanol–water partition coefficient (Wildman–Crippen LogP) is 7.26. The normalized spacial score (nSPS) is 48.3. The third kappa shape index (κ3) is 5.83. The smallest absolute Gasteiger partial charge is 0.358 e. The summed E-state index contributed by atoms with van der Waals surface area (Å²) in [6.07, 6.45) is 0. The van der Waals surface area contributed by atoms with Gasteiger partial charge in [-0.2, -0.15) is 0 Å². The molecule has 0 aromatic heterocycles. The van der Waals surface area contributed by atoms with Crippen molar-refractivity contribution in [3.63, 3.8) is 0 Å². The van der Waals surface area contributed by atoms with E-state index in [-0.39, 0.29) is 34.3 Å². The van der Waals surface area contributed by atoms with Gasteiger partial charge in [-0.1, -0.05) is 69.2 Å². The Bertz CT molecular complexity index is 181. The van der Waals surface area contributed by atoms with E-state index in [4.69, 9.17) is 0 Å². The molecule has 2 rings (SSSR count). The van der Waals surface area contributed by atoms with Crippen molar-refractivity contribution in [2.45, 2.75) is 69.2 Å². The van der Waals surface area contributed by atoms with Crippen molar-refractivity contribution in [3.8, 4) is 0 Å².